The van der Waals surface area contributed by atoms with Gasteiger partial charge in [-0.1, -0.05) is 24.3 Å². The van der Waals surface area contributed by atoms with Crippen LogP contribution >= 0.6 is 35.3 Å². The van der Waals surface area contributed by atoms with Crippen LogP contribution in [0, 0.1) is 0 Å². The van der Waals surface area contributed by atoms with Gasteiger partial charge >= 0.3 is 0 Å². The first-order valence-electron chi connectivity index (χ1n) is 9.74. The summed E-state index contributed by atoms with van der Waals surface area (Å²) in [6.45, 7) is 6.57. The topological polar surface area (TPSA) is 48.9 Å². The molecular weight excluding hydrogens is 483 g/mol. The number of rotatable bonds is 8. The Labute approximate surface area is 189 Å². The fraction of sp³-hybridized carbons (Fsp3) is 0.476. The molecule has 0 radical (unpaired) electrons. The zero-order valence-electron chi connectivity index (χ0n) is 16.7. The van der Waals surface area contributed by atoms with Crippen molar-refractivity contribution in [2.45, 2.75) is 32.4 Å². The second-order valence-corrected chi connectivity index (χ2v) is 7.60. The van der Waals surface area contributed by atoms with Gasteiger partial charge in [-0.15, -0.1) is 35.3 Å². The predicted molar refractivity (Wildman–Crippen MR) is 129 cm³/mol. The van der Waals surface area contributed by atoms with Crippen molar-refractivity contribution in [2.24, 2.45) is 4.99 Å². The van der Waals surface area contributed by atoms with Crippen molar-refractivity contribution in [1.29, 1.82) is 0 Å². The Morgan fingerprint density at radius 3 is 2.64 bits per heavy atom. The number of benzene rings is 1. The van der Waals surface area contributed by atoms with E-state index in [0.717, 1.165) is 23.8 Å². The molecule has 3 rings (SSSR count). The summed E-state index contributed by atoms with van der Waals surface area (Å²) in [4.78, 5) is 8.40. The highest BCUT2D eigenvalue weighted by atomic mass is 127. The largest absolute Gasteiger partial charge is 0.494 e. The summed E-state index contributed by atoms with van der Waals surface area (Å²) in [5.74, 6) is 1.75. The van der Waals surface area contributed by atoms with Crippen molar-refractivity contribution in [2.75, 3.05) is 33.3 Å². The molecule has 0 aliphatic carbocycles. The predicted octanol–water partition coefficient (Wildman–Crippen LogP) is 4.27. The van der Waals surface area contributed by atoms with E-state index in [0.29, 0.717) is 19.2 Å². The zero-order valence-corrected chi connectivity index (χ0v) is 19.8. The summed E-state index contributed by atoms with van der Waals surface area (Å²) in [6.07, 6.45) is 2.59. The van der Waals surface area contributed by atoms with Crippen LogP contribution in [0.2, 0.25) is 0 Å². The molecule has 1 atom stereocenters. The van der Waals surface area contributed by atoms with Gasteiger partial charge in [-0.05, 0) is 50.4 Å². The van der Waals surface area contributed by atoms with Crippen LogP contribution in [0.4, 0.5) is 0 Å². The number of aliphatic imine (C=N–C) groups is 1. The van der Waals surface area contributed by atoms with Crippen LogP contribution in [0.25, 0.3) is 0 Å². The Hall–Kier alpha value is -1.32. The SMILES string of the molecule is CCOc1ccccc1CNC(=NC)NCC(c1cccs1)N1CCCC1.I. The van der Waals surface area contributed by atoms with Crippen molar-refractivity contribution in [3.63, 3.8) is 0 Å². The van der Waals surface area contributed by atoms with Crippen LogP contribution in [-0.2, 0) is 6.54 Å². The second-order valence-electron chi connectivity index (χ2n) is 6.62. The average Bonchev–Trinajstić information content (AvgIpc) is 3.40. The smallest absolute Gasteiger partial charge is 0.191 e. The third-order valence-electron chi connectivity index (χ3n) is 4.86. The Bertz CT molecular complexity index is 717. The third kappa shape index (κ3) is 6.35. The van der Waals surface area contributed by atoms with E-state index in [4.69, 9.17) is 4.74 Å². The van der Waals surface area contributed by atoms with E-state index in [1.54, 1.807) is 0 Å². The fourth-order valence-electron chi connectivity index (χ4n) is 3.48. The molecule has 154 valence electrons. The van der Waals surface area contributed by atoms with E-state index in [-0.39, 0.29) is 24.0 Å². The lowest BCUT2D eigenvalue weighted by molar-refractivity contribution is 0.249. The molecule has 1 aromatic carbocycles. The molecule has 1 aromatic heterocycles. The van der Waals surface area contributed by atoms with Crippen LogP contribution in [0.3, 0.4) is 0 Å². The maximum absolute atomic E-state index is 5.71. The molecule has 0 saturated carbocycles. The number of nitrogens with zero attached hydrogens (tertiary/aromatic N) is 2. The number of guanidine groups is 1. The minimum atomic E-state index is 0. The number of hydrogen-bond donors (Lipinski definition) is 2. The highest BCUT2D eigenvalue weighted by Gasteiger charge is 2.24. The van der Waals surface area contributed by atoms with Crippen molar-refractivity contribution in [3.8, 4) is 5.75 Å². The van der Waals surface area contributed by atoms with Gasteiger partial charge in [0.25, 0.3) is 0 Å². The van der Waals surface area contributed by atoms with Crippen molar-refractivity contribution in [3.05, 3.63) is 52.2 Å². The lowest BCUT2D eigenvalue weighted by Gasteiger charge is -2.27. The molecule has 5 nitrogen and oxygen atoms in total. The second kappa shape index (κ2) is 12.3. The summed E-state index contributed by atoms with van der Waals surface area (Å²) in [5, 5.41) is 9.10. The Morgan fingerprint density at radius 1 is 1.18 bits per heavy atom. The standard InChI is InChI=1S/C21H30N4OS.HI/c1-3-26-19-10-5-4-9-17(19)15-23-21(22-2)24-16-18(20-11-8-14-27-20)25-12-6-7-13-25;/h4-5,8-11,14,18H,3,6-7,12-13,15-16H2,1-2H3,(H2,22,23,24);1H. The van der Waals surface area contributed by atoms with Gasteiger partial charge in [0.05, 0.1) is 12.6 Å². The Morgan fingerprint density at radius 2 is 1.96 bits per heavy atom. The summed E-state index contributed by atoms with van der Waals surface area (Å²) in [6, 6.07) is 12.9. The van der Waals surface area contributed by atoms with Crippen LogP contribution in [0.15, 0.2) is 46.8 Å². The number of thiophene rings is 1. The molecule has 2 N–H and O–H groups in total. The number of likely N-dealkylation sites (tertiary alicyclic amines) is 1. The van der Waals surface area contributed by atoms with E-state index < -0.39 is 0 Å². The molecule has 1 aliphatic heterocycles. The molecule has 0 spiro atoms. The average molecular weight is 514 g/mol. The molecular formula is C21H31IN4OS. The van der Waals surface area contributed by atoms with Crippen LogP contribution in [-0.4, -0.2) is 44.1 Å². The zero-order chi connectivity index (χ0) is 18.9. The van der Waals surface area contributed by atoms with Gasteiger partial charge in [0.2, 0.25) is 0 Å². The van der Waals surface area contributed by atoms with Gasteiger partial charge < -0.3 is 15.4 Å². The summed E-state index contributed by atoms with van der Waals surface area (Å²) in [5.41, 5.74) is 1.14. The lowest BCUT2D eigenvalue weighted by Crippen LogP contribution is -2.42. The van der Waals surface area contributed by atoms with Crippen molar-refractivity contribution in [1.82, 2.24) is 15.5 Å². The van der Waals surface area contributed by atoms with Crippen LogP contribution in [0.1, 0.15) is 36.2 Å². The maximum Gasteiger partial charge on any atom is 0.191 e. The number of para-hydroxylation sites is 1. The first-order valence-corrected chi connectivity index (χ1v) is 10.6. The molecule has 1 unspecified atom stereocenters. The van der Waals surface area contributed by atoms with Crippen molar-refractivity contribution < 1.29 is 4.74 Å². The quantitative estimate of drug-likeness (QED) is 0.314. The van der Waals surface area contributed by atoms with Gasteiger partial charge in [-0.25, -0.2) is 0 Å². The minimum Gasteiger partial charge on any atom is -0.494 e. The Kier molecular flexibility index (Phi) is 10.1. The molecule has 1 aliphatic rings. The Balaban J connectivity index is 0.00000280. The van der Waals surface area contributed by atoms with Crippen LogP contribution in [0.5, 0.6) is 5.75 Å². The van der Waals surface area contributed by atoms with Gasteiger partial charge in [0, 0.05) is 30.6 Å². The van der Waals surface area contributed by atoms with Gasteiger partial charge in [-0.3, -0.25) is 9.89 Å². The monoisotopic (exact) mass is 514 g/mol. The molecule has 1 saturated heterocycles. The number of nitrogens with one attached hydrogen (secondary N) is 2. The van der Waals surface area contributed by atoms with Crippen LogP contribution < -0.4 is 15.4 Å². The highest BCUT2D eigenvalue weighted by Crippen LogP contribution is 2.27. The first kappa shape index (κ1) is 23.0. The van der Waals surface area contributed by atoms with Gasteiger partial charge in [0.15, 0.2) is 5.96 Å². The third-order valence-corrected chi connectivity index (χ3v) is 5.83. The van der Waals surface area contributed by atoms with E-state index in [1.807, 2.05) is 43.5 Å². The molecule has 2 heterocycles. The normalized spacial score (nSPS) is 15.7. The molecule has 2 aromatic rings. The molecule has 0 amide bonds. The maximum atomic E-state index is 5.71. The molecule has 1 fully saturated rings. The lowest BCUT2D eigenvalue weighted by atomic mass is 10.2. The summed E-state index contributed by atoms with van der Waals surface area (Å²) < 4.78 is 5.71. The van der Waals surface area contributed by atoms with Gasteiger partial charge in [-0.2, -0.15) is 0 Å². The fourth-order valence-corrected chi connectivity index (χ4v) is 4.34. The first-order chi connectivity index (χ1) is 13.3. The number of hydrogen-bond acceptors (Lipinski definition) is 4. The van der Waals surface area contributed by atoms with E-state index in [9.17, 15) is 0 Å². The minimum absolute atomic E-state index is 0. The number of ether oxygens (including phenoxy) is 1. The summed E-state index contributed by atoms with van der Waals surface area (Å²) >= 11 is 1.84. The summed E-state index contributed by atoms with van der Waals surface area (Å²) in [7, 11) is 1.82. The van der Waals surface area contributed by atoms with Crippen molar-refractivity contribution >= 4 is 41.3 Å². The van der Waals surface area contributed by atoms with E-state index in [2.05, 4.69) is 44.1 Å². The molecule has 0 bridgehead atoms. The highest BCUT2D eigenvalue weighted by molar-refractivity contribution is 14.0. The van der Waals surface area contributed by atoms with E-state index in [1.165, 1.54) is 30.8 Å². The number of halogens is 1. The molecule has 7 heteroatoms. The van der Waals surface area contributed by atoms with E-state index >= 15 is 0 Å². The molecule has 28 heavy (non-hydrogen) atoms. The van der Waals surface area contributed by atoms with Gasteiger partial charge in [0.1, 0.15) is 5.75 Å².